The molecule has 0 aliphatic carbocycles. The van der Waals surface area contributed by atoms with E-state index >= 15 is 0 Å². The monoisotopic (exact) mass is 371 g/mol. The maximum absolute atomic E-state index is 10.3. The molecule has 130 valence electrons. The van der Waals surface area contributed by atoms with Crippen LogP contribution in [0.1, 0.15) is 0 Å². The molecule has 0 fully saturated rings. The first kappa shape index (κ1) is 15.9. The molecule has 0 bridgehead atoms. The summed E-state index contributed by atoms with van der Waals surface area (Å²) in [6, 6.07) is 24.6. The zero-order chi connectivity index (χ0) is 18.4. The van der Waals surface area contributed by atoms with Gasteiger partial charge in [-0.05, 0) is 48.0 Å². The number of rotatable bonds is 2. The third-order valence-corrected chi connectivity index (χ3v) is 4.88. The first-order valence-corrected chi connectivity index (χ1v) is 8.95. The van der Waals surface area contributed by atoms with Gasteiger partial charge in [-0.3, -0.25) is 0 Å². The Morgan fingerprint density at radius 3 is 2.48 bits per heavy atom. The molecule has 0 aliphatic rings. The normalized spacial score (nSPS) is 11.3. The summed E-state index contributed by atoms with van der Waals surface area (Å²) in [5, 5.41) is 11.9. The van der Waals surface area contributed by atoms with E-state index in [0.29, 0.717) is 21.9 Å². The number of phenols is 1. The lowest BCUT2D eigenvalue weighted by molar-refractivity contribution is 0.477. The minimum atomic E-state index is 0.189. The number of para-hydroxylation sites is 2. The van der Waals surface area contributed by atoms with Crippen molar-refractivity contribution >= 4 is 33.7 Å². The number of aromatic hydroxyl groups is 1. The van der Waals surface area contributed by atoms with Crippen LogP contribution in [-0.4, -0.2) is 10.1 Å². The molecule has 0 saturated heterocycles. The van der Waals surface area contributed by atoms with Crippen LogP contribution < -0.4 is 0 Å². The molecule has 3 aromatic carbocycles. The van der Waals surface area contributed by atoms with Crippen molar-refractivity contribution < 1.29 is 9.52 Å². The highest BCUT2D eigenvalue weighted by Crippen LogP contribution is 2.39. The fourth-order valence-corrected chi connectivity index (χ4v) is 3.57. The van der Waals surface area contributed by atoms with Crippen LogP contribution in [0, 0.1) is 0 Å². The maximum atomic E-state index is 10.3. The number of halogens is 1. The topological polar surface area (TPSA) is 46.3 Å². The molecule has 0 aliphatic heterocycles. The van der Waals surface area contributed by atoms with Crippen LogP contribution in [0.25, 0.3) is 44.5 Å². The molecule has 5 aromatic rings. The molecule has 2 heterocycles. The summed E-state index contributed by atoms with van der Waals surface area (Å²) < 4.78 is 6.13. The average Bonchev–Trinajstić information content (AvgIpc) is 3.06. The molecule has 1 N–H and O–H groups in total. The van der Waals surface area contributed by atoms with Gasteiger partial charge in [-0.25, -0.2) is 4.98 Å². The van der Waals surface area contributed by atoms with Crippen molar-refractivity contribution in [2.24, 2.45) is 0 Å². The lowest BCUT2D eigenvalue weighted by Crippen LogP contribution is -1.88. The molecule has 2 aromatic heterocycles. The highest BCUT2D eigenvalue weighted by molar-refractivity contribution is 6.31. The van der Waals surface area contributed by atoms with E-state index in [1.165, 1.54) is 0 Å². The summed E-state index contributed by atoms with van der Waals surface area (Å²) in [6.45, 7) is 0. The van der Waals surface area contributed by atoms with E-state index in [-0.39, 0.29) is 5.75 Å². The number of furan rings is 1. The van der Waals surface area contributed by atoms with Gasteiger partial charge in [0.2, 0.25) is 0 Å². The van der Waals surface area contributed by atoms with Crippen molar-refractivity contribution in [3.63, 3.8) is 0 Å². The summed E-state index contributed by atoms with van der Waals surface area (Å²) in [6.07, 6.45) is 0. The van der Waals surface area contributed by atoms with Gasteiger partial charge in [0, 0.05) is 21.5 Å². The summed E-state index contributed by atoms with van der Waals surface area (Å²) in [5.41, 5.74) is 5.43. The van der Waals surface area contributed by atoms with Crippen molar-refractivity contribution in [3.05, 3.63) is 83.9 Å². The molecule has 0 unspecified atom stereocenters. The molecular formula is C23H14ClNO2. The Kier molecular flexibility index (Phi) is 3.62. The van der Waals surface area contributed by atoms with Gasteiger partial charge in [-0.15, -0.1) is 0 Å². The van der Waals surface area contributed by atoms with Crippen LogP contribution in [0.5, 0.6) is 5.75 Å². The summed E-state index contributed by atoms with van der Waals surface area (Å²) >= 11 is 6.22. The van der Waals surface area contributed by atoms with E-state index in [0.717, 1.165) is 27.6 Å². The van der Waals surface area contributed by atoms with E-state index < -0.39 is 0 Å². The zero-order valence-corrected chi connectivity index (χ0v) is 14.9. The van der Waals surface area contributed by atoms with Crippen LogP contribution in [0.4, 0.5) is 0 Å². The van der Waals surface area contributed by atoms with Crippen molar-refractivity contribution in [2.75, 3.05) is 0 Å². The number of fused-ring (bicyclic) bond motifs is 3. The number of hydrogen-bond donors (Lipinski definition) is 1. The molecule has 5 rings (SSSR count). The van der Waals surface area contributed by atoms with Crippen molar-refractivity contribution in [2.45, 2.75) is 0 Å². The van der Waals surface area contributed by atoms with E-state index in [9.17, 15) is 5.11 Å². The summed E-state index contributed by atoms with van der Waals surface area (Å²) in [5.74, 6) is 0.189. The SMILES string of the molecule is Oc1ccccc1-c1cc(-c2cccc(Cl)c2)c2oc3ccccc3c2n1. The van der Waals surface area contributed by atoms with E-state index in [1.807, 2.05) is 66.7 Å². The fourth-order valence-electron chi connectivity index (χ4n) is 3.38. The minimum Gasteiger partial charge on any atom is -0.507 e. The standard InChI is InChI=1S/C23H14ClNO2/c24-15-7-5-6-14(12-15)18-13-19(16-8-1-3-10-20(16)26)25-22-17-9-2-4-11-21(17)27-23(18)22/h1-13,26H. The smallest absolute Gasteiger partial charge is 0.161 e. The minimum absolute atomic E-state index is 0.189. The molecule has 0 radical (unpaired) electrons. The highest BCUT2D eigenvalue weighted by atomic mass is 35.5. The Morgan fingerprint density at radius 2 is 1.63 bits per heavy atom. The second-order valence-corrected chi connectivity index (χ2v) is 6.79. The molecule has 3 nitrogen and oxygen atoms in total. The molecule has 0 amide bonds. The molecule has 0 spiro atoms. The summed E-state index contributed by atoms with van der Waals surface area (Å²) in [7, 11) is 0. The number of phenolic OH excluding ortho intramolecular Hbond substituents is 1. The average molecular weight is 372 g/mol. The molecule has 27 heavy (non-hydrogen) atoms. The van der Waals surface area contributed by atoms with Gasteiger partial charge in [-0.1, -0.05) is 48.0 Å². The van der Waals surface area contributed by atoms with Crippen LogP contribution >= 0.6 is 11.6 Å². The van der Waals surface area contributed by atoms with Crippen molar-refractivity contribution in [1.29, 1.82) is 0 Å². The largest absolute Gasteiger partial charge is 0.507 e. The maximum Gasteiger partial charge on any atom is 0.161 e. The fraction of sp³-hybridized carbons (Fsp3) is 0. The third kappa shape index (κ3) is 2.64. The molecule has 4 heteroatoms. The van der Waals surface area contributed by atoms with Gasteiger partial charge < -0.3 is 9.52 Å². The van der Waals surface area contributed by atoms with Crippen LogP contribution in [0.3, 0.4) is 0 Å². The molecule has 0 saturated carbocycles. The lowest BCUT2D eigenvalue weighted by atomic mass is 10.0. The predicted molar refractivity (Wildman–Crippen MR) is 109 cm³/mol. The van der Waals surface area contributed by atoms with Crippen LogP contribution in [0.15, 0.2) is 83.3 Å². The van der Waals surface area contributed by atoms with E-state index in [4.69, 9.17) is 21.0 Å². The van der Waals surface area contributed by atoms with Crippen LogP contribution in [0.2, 0.25) is 5.02 Å². The Labute approximate surface area is 160 Å². The molecule has 0 atom stereocenters. The Morgan fingerprint density at radius 1 is 0.815 bits per heavy atom. The number of aromatic nitrogens is 1. The van der Waals surface area contributed by atoms with E-state index in [2.05, 4.69) is 0 Å². The van der Waals surface area contributed by atoms with Crippen molar-refractivity contribution in [1.82, 2.24) is 4.98 Å². The van der Waals surface area contributed by atoms with Crippen LogP contribution in [-0.2, 0) is 0 Å². The Bertz CT molecular complexity index is 1310. The van der Waals surface area contributed by atoms with Crippen molar-refractivity contribution in [3.8, 4) is 28.1 Å². The lowest BCUT2D eigenvalue weighted by Gasteiger charge is -2.08. The first-order valence-electron chi connectivity index (χ1n) is 8.57. The van der Waals surface area contributed by atoms with Gasteiger partial charge in [-0.2, -0.15) is 0 Å². The number of nitrogens with zero attached hydrogens (tertiary/aromatic N) is 1. The number of pyridine rings is 1. The molecular weight excluding hydrogens is 358 g/mol. The summed E-state index contributed by atoms with van der Waals surface area (Å²) in [4.78, 5) is 4.82. The zero-order valence-electron chi connectivity index (χ0n) is 14.2. The number of hydrogen-bond acceptors (Lipinski definition) is 3. The third-order valence-electron chi connectivity index (χ3n) is 4.64. The van der Waals surface area contributed by atoms with Gasteiger partial charge in [0.1, 0.15) is 16.8 Å². The highest BCUT2D eigenvalue weighted by Gasteiger charge is 2.17. The Hall–Kier alpha value is -3.30. The second-order valence-electron chi connectivity index (χ2n) is 6.36. The number of benzene rings is 3. The van der Waals surface area contributed by atoms with E-state index in [1.54, 1.807) is 12.1 Å². The second kappa shape index (κ2) is 6.15. The Balaban J connectivity index is 1.90. The van der Waals surface area contributed by atoms with Gasteiger partial charge >= 0.3 is 0 Å². The van der Waals surface area contributed by atoms with Gasteiger partial charge in [0.25, 0.3) is 0 Å². The first-order chi connectivity index (χ1) is 13.2. The predicted octanol–water partition coefficient (Wildman–Crippen LogP) is 6.67. The van der Waals surface area contributed by atoms with Gasteiger partial charge in [0.05, 0.1) is 5.69 Å². The quantitative estimate of drug-likeness (QED) is 0.376. The van der Waals surface area contributed by atoms with Gasteiger partial charge in [0.15, 0.2) is 5.58 Å².